The lowest BCUT2D eigenvalue weighted by atomic mass is 10.1. The number of methoxy groups -OCH3 is 1. The van der Waals surface area contributed by atoms with Crippen molar-refractivity contribution >= 4 is 16.0 Å². The predicted molar refractivity (Wildman–Crippen MR) is 94.1 cm³/mol. The highest BCUT2D eigenvalue weighted by molar-refractivity contribution is 7.89. The molecule has 1 aromatic carbocycles. The number of nitrogens with one attached hydrogen (secondary N) is 1. The highest BCUT2D eigenvalue weighted by Gasteiger charge is 2.36. The van der Waals surface area contributed by atoms with Gasteiger partial charge in [0, 0.05) is 45.3 Å². The van der Waals surface area contributed by atoms with E-state index >= 15 is 0 Å². The molecule has 8 heteroatoms. The Bertz CT molecular complexity index is 744. The van der Waals surface area contributed by atoms with E-state index in [9.17, 15) is 13.2 Å². The van der Waals surface area contributed by atoms with Gasteiger partial charge < -0.3 is 10.1 Å². The smallest absolute Gasteiger partial charge is 0.337 e. The third-order valence-corrected chi connectivity index (χ3v) is 7.03. The maximum Gasteiger partial charge on any atom is 0.337 e. The summed E-state index contributed by atoms with van der Waals surface area (Å²) >= 11 is 0. The maximum atomic E-state index is 13.0. The minimum Gasteiger partial charge on any atom is -0.465 e. The van der Waals surface area contributed by atoms with Gasteiger partial charge in [0.1, 0.15) is 0 Å². The monoisotopic (exact) mass is 367 g/mol. The van der Waals surface area contributed by atoms with Gasteiger partial charge in [-0.25, -0.2) is 13.2 Å². The van der Waals surface area contributed by atoms with Crippen molar-refractivity contribution in [2.45, 2.75) is 24.3 Å². The molecule has 2 heterocycles. The molecule has 1 unspecified atom stereocenters. The average Bonchev–Trinajstić information content (AvgIpc) is 3.12. The number of benzene rings is 1. The van der Waals surface area contributed by atoms with Gasteiger partial charge in [-0.3, -0.25) is 4.90 Å². The molecule has 2 aliphatic heterocycles. The van der Waals surface area contributed by atoms with Crippen molar-refractivity contribution in [1.29, 1.82) is 0 Å². The van der Waals surface area contributed by atoms with Crippen molar-refractivity contribution in [2.24, 2.45) is 0 Å². The van der Waals surface area contributed by atoms with Crippen LogP contribution < -0.4 is 5.32 Å². The number of hydrogen-bond donors (Lipinski definition) is 1. The number of esters is 1. The Morgan fingerprint density at radius 1 is 1.24 bits per heavy atom. The van der Waals surface area contributed by atoms with Gasteiger partial charge in [-0.05, 0) is 37.1 Å². The highest BCUT2D eigenvalue weighted by Crippen LogP contribution is 2.26. The lowest BCUT2D eigenvalue weighted by Gasteiger charge is -2.32. The first-order valence-corrected chi connectivity index (χ1v) is 10.0. The number of aryl methyl sites for hydroxylation is 1. The van der Waals surface area contributed by atoms with E-state index in [1.54, 1.807) is 17.3 Å². The molecule has 138 valence electrons. The summed E-state index contributed by atoms with van der Waals surface area (Å²) in [6, 6.07) is 4.87. The van der Waals surface area contributed by atoms with Gasteiger partial charge in [0.2, 0.25) is 10.0 Å². The zero-order valence-electron chi connectivity index (χ0n) is 14.7. The summed E-state index contributed by atoms with van der Waals surface area (Å²) in [5.41, 5.74) is 0.924. The third kappa shape index (κ3) is 3.72. The Morgan fingerprint density at radius 2 is 1.96 bits per heavy atom. The van der Waals surface area contributed by atoms with Crippen molar-refractivity contribution < 1.29 is 17.9 Å². The standard InChI is InChI=1S/C17H25N3O4S/c1-13-11-14(17(21)24-2)3-4-16(13)25(22,23)20-8-5-15(12-20)19-9-6-18-7-10-19/h3-4,11,15,18H,5-10,12H2,1-2H3. The molecule has 2 aliphatic rings. The molecule has 0 aliphatic carbocycles. The fraction of sp³-hybridized carbons (Fsp3) is 0.588. The molecule has 0 aromatic heterocycles. The van der Waals surface area contributed by atoms with E-state index < -0.39 is 16.0 Å². The minimum atomic E-state index is -3.55. The number of rotatable bonds is 4. The van der Waals surface area contributed by atoms with Gasteiger partial charge in [0.05, 0.1) is 17.6 Å². The Kier molecular flexibility index (Phi) is 5.43. The predicted octanol–water partition coefficient (Wildman–Crippen LogP) is 0.450. The van der Waals surface area contributed by atoms with Gasteiger partial charge in [0.25, 0.3) is 0 Å². The van der Waals surface area contributed by atoms with Crippen molar-refractivity contribution in [3.05, 3.63) is 29.3 Å². The van der Waals surface area contributed by atoms with Gasteiger partial charge >= 0.3 is 5.97 Å². The number of hydrogen-bond acceptors (Lipinski definition) is 6. The Balaban J connectivity index is 1.77. The minimum absolute atomic E-state index is 0.265. The van der Waals surface area contributed by atoms with E-state index in [1.807, 2.05) is 0 Å². The topological polar surface area (TPSA) is 79.0 Å². The quantitative estimate of drug-likeness (QED) is 0.779. The number of nitrogens with zero attached hydrogens (tertiary/aromatic N) is 2. The number of carbonyl (C=O) groups is 1. The van der Waals surface area contributed by atoms with E-state index in [1.165, 1.54) is 19.2 Å². The van der Waals surface area contributed by atoms with Crippen LogP contribution >= 0.6 is 0 Å². The lowest BCUT2D eigenvalue weighted by molar-refractivity contribution is 0.0600. The van der Waals surface area contributed by atoms with Crippen LogP contribution in [0.5, 0.6) is 0 Å². The van der Waals surface area contributed by atoms with E-state index in [-0.39, 0.29) is 10.9 Å². The number of sulfonamides is 1. The molecule has 1 N–H and O–H groups in total. The molecule has 1 atom stereocenters. The first kappa shape index (κ1) is 18.3. The van der Waals surface area contributed by atoms with Crippen LogP contribution in [-0.4, -0.2) is 76.0 Å². The van der Waals surface area contributed by atoms with E-state index in [2.05, 4.69) is 15.0 Å². The molecule has 7 nitrogen and oxygen atoms in total. The van der Waals surface area contributed by atoms with Crippen molar-refractivity contribution in [1.82, 2.24) is 14.5 Å². The molecule has 25 heavy (non-hydrogen) atoms. The molecular weight excluding hydrogens is 342 g/mol. The molecular formula is C17H25N3O4S. The highest BCUT2D eigenvalue weighted by atomic mass is 32.2. The normalized spacial score (nSPS) is 22.9. The summed E-state index contributed by atoms with van der Waals surface area (Å²) in [6.07, 6.45) is 0.860. The van der Waals surface area contributed by atoms with Crippen LogP contribution in [0.1, 0.15) is 22.3 Å². The molecule has 2 saturated heterocycles. The first-order valence-electron chi connectivity index (χ1n) is 8.57. The fourth-order valence-corrected chi connectivity index (χ4v) is 5.30. The first-order chi connectivity index (χ1) is 11.9. The summed E-state index contributed by atoms with van der Waals surface area (Å²) < 4.78 is 32.3. The molecule has 0 radical (unpaired) electrons. The van der Waals surface area contributed by atoms with Crippen molar-refractivity contribution in [2.75, 3.05) is 46.4 Å². The largest absolute Gasteiger partial charge is 0.465 e. The molecule has 0 bridgehead atoms. The van der Waals surface area contributed by atoms with Crippen LogP contribution in [0, 0.1) is 6.92 Å². The van der Waals surface area contributed by atoms with Gasteiger partial charge in [0.15, 0.2) is 0 Å². The Labute approximate surface area is 149 Å². The molecule has 3 rings (SSSR count). The van der Waals surface area contributed by atoms with Gasteiger partial charge in [-0.1, -0.05) is 0 Å². The second kappa shape index (κ2) is 7.41. The van der Waals surface area contributed by atoms with Gasteiger partial charge in [-0.15, -0.1) is 0 Å². The number of carbonyl (C=O) groups excluding carboxylic acids is 1. The zero-order chi connectivity index (χ0) is 18.0. The van der Waals surface area contributed by atoms with Crippen molar-refractivity contribution in [3.8, 4) is 0 Å². The van der Waals surface area contributed by atoms with Crippen LogP contribution in [-0.2, 0) is 14.8 Å². The number of piperazine rings is 1. The second-order valence-electron chi connectivity index (χ2n) is 6.56. The third-order valence-electron chi connectivity index (χ3n) is 5.01. The van der Waals surface area contributed by atoms with E-state index in [0.29, 0.717) is 24.2 Å². The Hall–Kier alpha value is -1.48. The maximum absolute atomic E-state index is 13.0. The van der Waals surface area contributed by atoms with Crippen LogP contribution in [0.3, 0.4) is 0 Å². The van der Waals surface area contributed by atoms with Gasteiger partial charge in [-0.2, -0.15) is 4.31 Å². The molecule has 0 amide bonds. The van der Waals surface area contributed by atoms with E-state index in [4.69, 9.17) is 0 Å². The molecule has 1 aromatic rings. The molecule has 2 fully saturated rings. The van der Waals surface area contributed by atoms with Crippen LogP contribution in [0.4, 0.5) is 0 Å². The van der Waals surface area contributed by atoms with Crippen molar-refractivity contribution in [3.63, 3.8) is 0 Å². The fourth-order valence-electron chi connectivity index (χ4n) is 3.60. The zero-order valence-corrected chi connectivity index (χ0v) is 15.5. The molecule has 0 spiro atoms. The summed E-state index contributed by atoms with van der Waals surface area (Å²) in [5, 5.41) is 3.32. The summed E-state index contributed by atoms with van der Waals surface area (Å²) in [7, 11) is -2.24. The summed E-state index contributed by atoms with van der Waals surface area (Å²) in [5.74, 6) is -0.466. The summed E-state index contributed by atoms with van der Waals surface area (Å²) in [4.78, 5) is 14.2. The average molecular weight is 367 g/mol. The van der Waals surface area contributed by atoms with Crippen LogP contribution in [0.2, 0.25) is 0 Å². The molecule has 0 saturated carbocycles. The van der Waals surface area contributed by atoms with E-state index in [0.717, 1.165) is 32.6 Å². The lowest BCUT2D eigenvalue weighted by Crippen LogP contribution is -2.49. The number of ether oxygens (including phenoxy) is 1. The SMILES string of the molecule is COC(=O)c1ccc(S(=O)(=O)N2CCC(N3CCNCC3)C2)c(C)c1. The van der Waals surface area contributed by atoms with Crippen LogP contribution in [0.25, 0.3) is 0 Å². The Morgan fingerprint density at radius 3 is 2.60 bits per heavy atom. The summed E-state index contributed by atoms with van der Waals surface area (Å²) in [6.45, 7) is 6.62. The second-order valence-corrected chi connectivity index (χ2v) is 8.47. The van der Waals surface area contributed by atoms with Crippen LogP contribution in [0.15, 0.2) is 23.1 Å².